The van der Waals surface area contributed by atoms with Crippen LogP contribution in [0.25, 0.3) is 23.1 Å². The van der Waals surface area contributed by atoms with Gasteiger partial charge in [-0.25, -0.2) is 4.57 Å². The Morgan fingerprint density at radius 3 is 2.62 bits per heavy atom. The van der Waals surface area contributed by atoms with Gasteiger partial charge in [0.2, 0.25) is 11.6 Å². The summed E-state index contributed by atoms with van der Waals surface area (Å²) in [6.07, 6.45) is 11.0. The lowest BCUT2D eigenvalue weighted by atomic mass is 10.1. The molecule has 0 spiro atoms. The first kappa shape index (κ1) is 21.6. The summed E-state index contributed by atoms with van der Waals surface area (Å²) in [5, 5.41) is 4.40. The fraction of sp³-hybridized carbons (Fsp3) is 0.333. The number of aromatic nitrogens is 2. The van der Waals surface area contributed by atoms with E-state index in [9.17, 15) is 4.79 Å². The zero-order valence-corrected chi connectivity index (χ0v) is 19.2. The van der Waals surface area contributed by atoms with Crippen molar-refractivity contribution in [3.05, 3.63) is 65.6 Å². The second-order valence-electron chi connectivity index (χ2n) is 7.72. The second kappa shape index (κ2) is 9.57. The first-order valence-electron chi connectivity index (χ1n) is 10.1. The van der Waals surface area contributed by atoms with E-state index in [1.54, 1.807) is 0 Å². The van der Waals surface area contributed by atoms with Crippen LogP contribution in [0.5, 0.6) is 0 Å². The van der Waals surface area contributed by atoms with E-state index in [1.807, 2.05) is 31.4 Å². The van der Waals surface area contributed by atoms with E-state index in [0.29, 0.717) is 12.6 Å². The Labute approximate surface area is 189 Å². The maximum atomic E-state index is 12.6. The number of fused-ring (bicyclic) bond motifs is 1. The minimum Gasteiger partial charge on any atom is -1.00 e. The summed E-state index contributed by atoms with van der Waals surface area (Å²) < 4.78 is 4.24. The topological polar surface area (TPSA) is 37.9 Å². The third-order valence-corrected chi connectivity index (χ3v) is 5.82. The number of aryl methyl sites for hydroxylation is 1. The largest absolute Gasteiger partial charge is 1.00 e. The summed E-state index contributed by atoms with van der Waals surface area (Å²) >= 11 is 0. The molecule has 2 aromatic heterocycles. The van der Waals surface area contributed by atoms with Crippen LogP contribution in [0, 0.1) is 6.92 Å². The Bertz CT molecular complexity index is 1030. The molecule has 1 aliphatic rings. The molecular weight excluding hydrogens is 473 g/mol. The van der Waals surface area contributed by atoms with Gasteiger partial charge in [-0.15, -0.1) is 0 Å². The minimum atomic E-state index is 0. The SMILES string of the molecule is Cc1c(/C=C/c2cccc[n+]2C)c2ccccc2n1CC(=O)NC1CCCC1.[I-]. The molecule has 0 radical (unpaired) electrons. The standard InChI is InChI=1S/C24H27N3O.HI/c1-18-21(15-14-20-11-7-8-16-26(20)2)22-12-5-6-13-23(22)27(18)17-24(28)25-19-9-3-4-10-19;/h5-8,11-16,19H,3-4,9-10,17H2,1-2H3;1H. The van der Waals surface area contributed by atoms with Crippen molar-refractivity contribution >= 4 is 29.0 Å². The van der Waals surface area contributed by atoms with Crippen molar-refractivity contribution in [2.75, 3.05) is 0 Å². The Balaban J connectivity index is 0.00000240. The lowest BCUT2D eigenvalue weighted by Crippen LogP contribution is -3.00. The van der Waals surface area contributed by atoms with Gasteiger partial charge in [0.15, 0.2) is 6.20 Å². The first-order chi connectivity index (χ1) is 13.6. The highest BCUT2D eigenvalue weighted by Gasteiger charge is 2.19. The normalized spacial score (nSPS) is 14.4. The lowest BCUT2D eigenvalue weighted by Gasteiger charge is -2.14. The monoisotopic (exact) mass is 501 g/mol. The zero-order chi connectivity index (χ0) is 19.5. The molecule has 3 aromatic rings. The van der Waals surface area contributed by atoms with Gasteiger partial charge in [-0.05, 0) is 38.0 Å². The smallest absolute Gasteiger partial charge is 0.240 e. The quantitative estimate of drug-likeness (QED) is 0.412. The van der Waals surface area contributed by atoms with E-state index in [-0.39, 0.29) is 29.9 Å². The van der Waals surface area contributed by atoms with Gasteiger partial charge < -0.3 is 33.9 Å². The average molecular weight is 501 g/mol. The highest BCUT2D eigenvalue weighted by Crippen LogP contribution is 2.27. The molecule has 0 aliphatic heterocycles. The molecule has 4 nitrogen and oxygen atoms in total. The van der Waals surface area contributed by atoms with Gasteiger partial charge in [-0.2, -0.15) is 0 Å². The minimum absolute atomic E-state index is 0. The summed E-state index contributed by atoms with van der Waals surface area (Å²) in [6, 6.07) is 14.9. The summed E-state index contributed by atoms with van der Waals surface area (Å²) in [5.41, 5.74) is 4.54. The summed E-state index contributed by atoms with van der Waals surface area (Å²) in [4.78, 5) is 12.6. The van der Waals surface area contributed by atoms with Gasteiger partial charge in [0.1, 0.15) is 13.6 Å². The lowest BCUT2D eigenvalue weighted by molar-refractivity contribution is -0.673. The number of hydrogen-bond acceptors (Lipinski definition) is 1. The van der Waals surface area contributed by atoms with Crippen molar-refractivity contribution in [2.24, 2.45) is 7.05 Å². The molecule has 1 aliphatic carbocycles. The molecule has 29 heavy (non-hydrogen) atoms. The first-order valence-corrected chi connectivity index (χ1v) is 10.1. The van der Waals surface area contributed by atoms with Crippen LogP contribution in [0.1, 0.15) is 42.6 Å². The number of nitrogens with one attached hydrogen (secondary N) is 1. The number of carbonyl (C=O) groups excluding carboxylic acids is 1. The predicted octanol–water partition coefficient (Wildman–Crippen LogP) is 1.01. The van der Waals surface area contributed by atoms with Gasteiger partial charge >= 0.3 is 0 Å². The van der Waals surface area contributed by atoms with E-state index >= 15 is 0 Å². The number of nitrogens with zero attached hydrogens (tertiary/aromatic N) is 2. The second-order valence-corrected chi connectivity index (χ2v) is 7.72. The van der Waals surface area contributed by atoms with Crippen LogP contribution in [0.4, 0.5) is 0 Å². The van der Waals surface area contributed by atoms with Crippen molar-refractivity contribution in [2.45, 2.75) is 45.2 Å². The van der Waals surface area contributed by atoms with Gasteiger partial charge in [0, 0.05) is 46.4 Å². The fourth-order valence-corrected chi connectivity index (χ4v) is 4.24. The Morgan fingerprint density at radius 2 is 1.86 bits per heavy atom. The highest BCUT2D eigenvalue weighted by molar-refractivity contribution is 5.94. The summed E-state index contributed by atoms with van der Waals surface area (Å²) in [5.74, 6) is 0.112. The van der Waals surface area contributed by atoms with Crippen LogP contribution in [0.3, 0.4) is 0 Å². The number of pyridine rings is 1. The zero-order valence-electron chi connectivity index (χ0n) is 17.1. The molecule has 1 saturated carbocycles. The van der Waals surface area contributed by atoms with Crippen molar-refractivity contribution < 1.29 is 33.3 Å². The summed E-state index contributed by atoms with van der Waals surface area (Å²) in [7, 11) is 2.04. The Hall–Kier alpha value is -2.15. The van der Waals surface area contributed by atoms with Gasteiger partial charge in [-0.3, -0.25) is 4.79 Å². The molecule has 2 heterocycles. The Kier molecular flexibility index (Phi) is 7.11. The van der Waals surface area contributed by atoms with Crippen molar-refractivity contribution in [1.29, 1.82) is 0 Å². The number of rotatable bonds is 5. The molecule has 0 bridgehead atoms. The molecule has 0 saturated heterocycles. The van der Waals surface area contributed by atoms with Crippen LogP contribution >= 0.6 is 0 Å². The number of carbonyl (C=O) groups is 1. The third-order valence-electron chi connectivity index (χ3n) is 5.82. The molecule has 0 atom stereocenters. The highest BCUT2D eigenvalue weighted by atomic mass is 127. The van der Waals surface area contributed by atoms with Gasteiger partial charge in [0.25, 0.3) is 0 Å². The number of hydrogen-bond donors (Lipinski definition) is 1. The van der Waals surface area contributed by atoms with Crippen LogP contribution < -0.4 is 33.9 Å². The molecular formula is C24H28IN3O. The fourth-order valence-electron chi connectivity index (χ4n) is 4.24. The van der Waals surface area contributed by atoms with Crippen molar-refractivity contribution in [3.8, 4) is 0 Å². The van der Waals surface area contributed by atoms with Gasteiger partial charge in [0.05, 0.1) is 0 Å². The van der Waals surface area contributed by atoms with Crippen molar-refractivity contribution in [1.82, 2.24) is 9.88 Å². The number of para-hydroxylation sites is 1. The number of benzene rings is 1. The van der Waals surface area contributed by atoms with Gasteiger partial charge in [-0.1, -0.05) is 31.0 Å². The van der Waals surface area contributed by atoms with Crippen LogP contribution in [0.15, 0.2) is 48.7 Å². The molecule has 1 aromatic carbocycles. The molecule has 152 valence electrons. The molecule has 5 heteroatoms. The van der Waals surface area contributed by atoms with Crippen LogP contribution in [-0.2, 0) is 18.4 Å². The van der Waals surface area contributed by atoms with Crippen molar-refractivity contribution in [3.63, 3.8) is 0 Å². The van der Waals surface area contributed by atoms with E-state index < -0.39 is 0 Å². The summed E-state index contributed by atoms with van der Waals surface area (Å²) in [6.45, 7) is 2.48. The van der Waals surface area contributed by atoms with Crippen LogP contribution in [0.2, 0.25) is 0 Å². The van der Waals surface area contributed by atoms with Crippen LogP contribution in [-0.4, -0.2) is 16.5 Å². The van der Waals surface area contributed by atoms with E-state index in [4.69, 9.17) is 0 Å². The van der Waals surface area contributed by atoms with E-state index in [1.165, 1.54) is 23.8 Å². The number of amides is 1. The molecule has 0 unspecified atom stereocenters. The third kappa shape index (κ3) is 4.71. The molecule has 1 N–H and O–H groups in total. The molecule has 1 fully saturated rings. The predicted molar refractivity (Wildman–Crippen MR) is 114 cm³/mol. The molecule has 4 rings (SSSR count). The van der Waals surface area contributed by atoms with E-state index in [0.717, 1.165) is 29.7 Å². The van der Waals surface area contributed by atoms with E-state index in [2.05, 4.69) is 57.8 Å². The average Bonchev–Trinajstić information content (AvgIpc) is 3.29. The Morgan fingerprint density at radius 1 is 1.14 bits per heavy atom. The maximum Gasteiger partial charge on any atom is 0.240 e. The maximum absolute atomic E-state index is 12.6. The number of halogens is 1. The molecule has 1 amide bonds.